The molecule has 7 nitrogen and oxygen atoms in total. The summed E-state index contributed by atoms with van der Waals surface area (Å²) < 4.78 is 44.3. The highest BCUT2D eigenvalue weighted by molar-refractivity contribution is 6.30. The number of benzene rings is 3. The molecule has 1 amide bonds. The maximum absolute atomic E-state index is 14.0. The number of hydrogen-bond acceptors (Lipinski definition) is 4. The van der Waals surface area contributed by atoms with Crippen molar-refractivity contribution in [1.29, 1.82) is 0 Å². The maximum Gasteiger partial charge on any atom is 0.433 e. The molecule has 1 N–H and O–H groups in total. The van der Waals surface area contributed by atoms with E-state index in [-0.39, 0.29) is 22.9 Å². The molecule has 0 bridgehead atoms. The van der Waals surface area contributed by atoms with Gasteiger partial charge in [0.15, 0.2) is 22.9 Å². The number of carbonyl (C=O) groups is 1. The van der Waals surface area contributed by atoms with Crippen molar-refractivity contribution >= 4 is 39.7 Å². The number of halogens is 4. The molecule has 3 aromatic carbocycles. The summed E-state index contributed by atoms with van der Waals surface area (Å²) in [5, 5.41) is 13.2. The topological polar surface area (TPSA) is 77.1 Å². The zero-order valence-corrected chi connectivity index (χ0v) is 20.8. The van der Waals surface area contributed by atoms with Crippen molar-refractivity contribution in [3.05, 3.63) is 113 Å². The number of nitrogens with one attached hydrogen (secondary N) is 1. The standard InChI is InChI=1S/C28H18ClF3N6O/c29-21-9-5-17(6-10-21)16-37-12-11-25(36-37)34-27(39)23-15-26-33-22(14-24(28(30,31)32)38(26)35-23)20-8-7-18-3-1-2-4-19(18)13-20/h1-15H,16H2,(H,34,36,39). The van der Waals surface area contributed by atoms with Gasteiger partial charge in [-0.05, 0) is 40.6 Å². The van der Waals surface area contributed by atoms with Gasteiger partial charge in [-0.2, -0.15) is 23.4 Å². The molecule has 0 saturated carbocycles. The lowest BCUT2D eigenvalue weighted by Crippen LogP contribution is -2.16. The second-order valence-electron chi connectivity index (χ2n) is 8.87. The summed E-state index contributed by atoms with van der Waals surface area (Å²) in [6, 6.07) is 23.8. The molecule has 6 aromatic rings. The van der Waals surface area contributed by atoms with Crippen LogP contribution in [0.3, 0.4) is 0 Å². The second kappa shape index (κ2) is 9.55. The van der Waals surface area contributed by atoms with Gasteiger partial charge in [0.25, 0.3) is 5.91 Å². The van der Waals surface area contributed by atoms with Crippen LogP contribution in [-0.4, -0.2) is 30.3 Å². The number of fused-ring (bicyclic) bond motifs is 2. The van der Waals surface area contributed by atoms with Crippen LogP contribution in [0, 0.1) is 0 Å². The minimum Gasteiger partial charge on any atom is -0.304 e. The van der Waals surface area contributed by atoms with Crippen LogP contribution in [0.1, 0.15) is 21.7 Å². The first-order chi connectivity index (χ1) is 18.7. The van der Waals surface area contributed by atoms with Crippen LogP contribution in [0.15, 0.2) is 91.1 Å². The molecule has 6 rings (SSSR count). The smallest absolute Gasteiger partial charge is 0.304 e. The maximum atomic E-state index is 14.0. The third kappa shape index (κ3) is 5.06. The summed E-state index contributed by atoms with van der Waals surface area (Å²) in [6.45, 7) is 0.442. The Labute approximate surface area is 224 Å². The van der Waals surface area contributed by atoms with E-state index in [0.29, 0.717) is 21.6 Å². The minimum absolute atomic E-state index is 0.105. The van der Waals surface area contributed by atoms with E-state index in [9.17, 15) is 18.0 Å². The molecule has 0 aliphatic rings. The number of anilines is 1. The van der Waals surface area contributed by atoms with E-state index in [1.165, 1.54) is 6.07 Å². The van der Waals surface area contributed by atoms with Gasteiger partial charge in [0.2, 0.25) is 0 Å². The molecule has 0 unspecified atom stereocenters. The highest BCUT2D eigenvalue weighted by Gasteiger charge is 2.35. The molecular formula is C28H18ClF3N6O. The van der Waals surface area contributed by atoms with E-state index < -0.39 is 17.8 Å². The van der Waals surface area contributed by atoms with E-state index >= 15 is 0 Å². The average molecular weight is 547 g/mol. The Morgan fingerprint density at radius 1 is 0.897 bits per heavy atom. The minimum atomic E-state index is -4.73. The van der Waals surface area contributed by atoms with Crippen molar-refractivity contribution in [1.82, 2.24) is 24.4 Å². The molecule has 39 heavy (non-hydrogen) atoms. The molecule has 0 atom stereocenters. The van der Waals surface area contributed by atoms with Gasteiger partial charge in [-0.15, -0.1) is 0 Å². The van der Waals surface area contributed by atoms with Gasteiger partial charge in [0, 0.05) is 28.9 Å². The van der Waals surface area contributed by atoms with Crippen LogP contribution >= 0.6 is 11.6 Å². The number of aromatic nitrogens is 5. The zero-order chi connectivity index (χ0) is 27.1. The van der Waals surface area contributed by atoms with Gasteiger partial charge < -0.3 is 5.32 Å². The molecule has 0 aliphatic heterocycles. The van der Waals surface area contributed by atoms with Crippen molar-refractivity contribution in [2.45, 2.75) is 12.7 Å². The normalized spacial score (nSPS) is 11.8. The van der Waals surface area contributed by atoms with Crippen molar-refractivity contribution < 1.29 is 18.0 Å². The van der Waals surface area contributed by atoms with Crippen molar-refractivity contribution in [2.75, 3.05) is 5.32 Å². The summed E-state index contributed by atoms with van der Waals surface area (Å²) in [7, 11) is 0. The molecule has 3 heterocycles. The molecule has 0 fully saturated rings. The van der Waals surface area contributed by atoms with Gasteiger partial charge in [-0.1, -0.05) is 60.1 Å². The Bertz CT molecular complexity index is 1840. The zero-order valence-electron chi connectivity index (χ0n) is 20.0. The third-order valence-corrected chi connectivity index (χ3v) is 6.39. The van der Waals surface area contributed by atoms with Crippen molar-refractivity contribution in [3.63, 3.8) is 0 Å². The SMILES string of the molecule is O=C(Nc1ccn(Cc2ccc(Cl)cc2)n1)c1cc2nc(-c3ccc4ccccc4c3)cc(C(F)(F)F)n2n1. The number of amides is 1. The Morgan fingerprint density at radius 3 is 2.44 bits per heavy atom. The van der Waals surface area contributed by atoms with Crippen LogP contribution < -0.4 is 5.32 Å². The van der Waals surface area contributed by atoms with E-state index in [4.69, 9.17) is 11.6 Å². The lowest BCUT2D eigenvalue weighted by molar-refractivity contribution is -0.142. The summed E-state index contributed by atoms with van der Waals surface area (Å²) in [5.41, 5.74) is 0.214. The summed E-state index contributed by atoms with van der Waals surface area (Å²) in [4.78, 5) is 17.3. The predicted octanol–water partition coefficient (Wildman–Crippen LogP) is 6.72. The van der Waals surface area contributed by atoms with E-state index in [1.807, 2.05) is 42.5 Å². The summed E-state index contributed by atoms with van der Waals surface area (Å²) >= 11 is 5.91. The fourth-order valence-electron chi connectivity index (χ4n) is 4.26. The largest absolute Gasteiger partial charge is 0.433 e. The second-order valence-corrected chi connectivity index (χ2v) is 9.30. The van der Waals surface area contributed by atoms with Crippen LogP contribution in [0.2, 0.25) is 5.02 Å². The van der Waals surface area contributed by atoms with E-state index in [1.54, 1.807) is 41.2 Å². The van der Waals surface area contributed by atoms with Crippen molar-refractivity contribution in [2.24, 2.45) is 0 Å². The highest BCUT2D eigenvalue weighted by atomic mass is 35.5. The summed E-state index contributed by atoms with van der Waals surface area (Å²) in [6.07, 6.45) is -3.06. The molecule has 0 aliphatic carbocycles. The molecule has 0 spiro atoms. The fraction of sp³-hybridized carbons (Fsp3) is 0.0714. The average Bonchev–Trinajstić information content (AvgIpc) is 3.55. The number of rotatable bonds is 5. The number of carbonyl (C=O) groups excluding carboxylic acids is 1. The van der Waals surface area contributed by atoms with Gasteiger partial charge in [-0.25, -0.2) is 9.50 Å². The molecule has 0 saturated heterocycles. The quantitative estimate of drug-likeness (QED) is 0.260. The highest BCUT2D eigenvalue weighted by Crippen LogP contribution is 2.33. The van der Waals surface area contributed by atoms with E-state index in [2.05, 4.69) is 20.5 Å². The first-order valence-electron chi connectivity index (χ1n) is 11.8. The molecule has 0 radical (unpaired) electrons. The molecule has 194 valence electrons. The molecule has 3 aromatic heterocycles. The molecule has 11 heteroatoms. The van der Waals surface area contributed by atoms with Gasteiger partial charge >= 0.3 is 6.18 Å². The third-order valence-electron chi connectivity index (χ3n) is 6.14. The lowest BCUT2D eigenvalue weighted by Gasteiger charge is -2.11. The predicted molar refractivity (Wildman–Crippen MR) is 142 cm³/mol. The number of hydrogen-bond donors (Lipinski definition) is 1. The monoisotopic (exact) mass is 546 g/mol. The Hall–Kier alpha value is -4.70. The first kappa shape index (κ1) is 24.6. The Balaban J connectivity index is 1.30. The summed E-state index contributed by atoms with van der Waals surface area (Å²) in [5.74, 6) is -0.482. The van der Waals surface area contributed by atoms with Gasteiger partial charge in [0.1, 0.15) is 0 Å². The molecular weight excluding hydrogens is 529 g/mol. The number of alkyl halides is 3. The fourth-order valence-corrected chi connectivity index (χ4v) is 4.38. The van der Waals surface area contributed by atoms with Crippen LogP contribution in [0.5, 0.6) is 0 Å². The Kier molecular flexibility index (Phi) is 6.03. The van der Waals surface area contributed by atoms with Crippen molar-refractivity contribution in [3.8, 4) is 11.3 Å². The first-order valence-corrected chi connectivity index (χ1v) is 12.2. The number of nitrogens with zero attached hydrogens (tertiary/aromatic N) is 5. The van der Waals surface area contributed by atoms with E-state index in [0.717, 1.165) is 22.4 Å². The lowest BCUT2D eigenvalue weighted by atomic mass is 10.0. The van der Waals surface area contributed by atoms with Gasteiger partial charge in [0.05, 0.1) is 12.2 Å². The van der Waals surface area contributed by atoms with Gasteiger partial charge in [-0.3, -0.25) is 9.48 Å². The Morgan fingerprint density at radius 2 is 1.67 bits per heavy atom. The van der Waals surface area contributed by atoms with Crippen LogP contribution in [0.4, 0.5) is 19.0 Å². The van der Waals surface area contributed by atoms with Crippen LogP contribution in [-0.2, 0) is 12.7 Å². The van der Waals surface area contributed by atoms with Crippen LogP contribution in [0.25, 0.3) is 27.7 Å².